The van der Waals surface area contributed by atoms with Crippen molar-refractivity contribution < 1.29 is 23.5 Å². The first-order valence-electron chi connectivity index (χ1n) is 12.6. The number of likely N-dealkylation sites (tertiary alicyclic amines) is 2. The van der Waals surface area contributed by atoms with Gasteiger partial charge in [-0.1, -0.05) is 30.3 Å². The monoisotopic (exact) mass is 510 g/mol. The van der Waals surface area contributed by atoms with Gasteiger partial charge >= 0.3 is 12.1 Å². The first-order valence-corrected chi connectivity index (χ1v) is 12.6. The van der Waals surface area contributed by atoms with Gasteiger partial charge < -0.3 is 20.3 Å². The number of halogens is 1. The number of nitrogens with two attached hydrogens (primary N) is 1. The van der Waals surface area contributed by atoms with E-state index >= 15 is 0 Å². The van der Waals surface area contributed by atoms with Gasteiger partial charge in [-0.3, -0.25) is 9.69 Å². The Balaban J connectivity index is 1.43. The quantitative estimate of drug-likeness (QED) is 0.601. The molecule has 0 aromatic heterocycles. The summed E-state index contributed by atoms with van der Waals surface area (Å²) < 4.78 is 20.4. The number of anilines is 1. The van der Waals surface area contributed by atoms with E-state index in [1.165, 1.54) is 12.1 Å². The molecule has 0 aliphatic carbocycles. The highest BCUT2D eigenvalue weighted by molar-refractivity contribution is 5.97. The Morgan fingerprint density at radius 3 is 2.24 bits per heavy atom. The molecule has 0 bridgehead atoms. The standard InChI is InChI=1S/C28H35FN4O4/c1-27(2,3)37-26(36)31-13-11-28(12-14-31)18-32(19-28)25(35)33(22-7-5-4-6-8-22)17-21-10-9-20(15-23(21)29)24(34)16-30/h4-10,15H,11-14,16-19,30H2,1-3H3. The molecule has 2 aliphatic rings. The molecule has 2 heterocycles. The Hall–Kier alpha value is -3.46. The summed E-state index contributed by atoms with van der Waals surface area (Å²) >= 11 is 0. The highest BCUT2D eigenvalue weighted by Gasteiger charge is 2.48. The number of rotatable bonds is 5. The van der Waals surface area contributed by atoms with Crippen LogP contribution in [0, 0.1) is 11.2 Å². The van der Waals surface area contributed by atoms with E-state index in [2.05, 4.69) is 0 Å². The van der Waals surface area contributed by atoms with Crippen LogP contribution in [0.1, 0.15) is 49.5 Å². The number of nitrogens with zero attached hydrogens (tertiary/aromatic N) is 3. The molecule has 198 valence electrons. The lowest BCUT2D eigenvalue weighted by Gasteiger charge is -2.54. The maximum absolute atomic E-state index is 14.9. The lowest BCUT2D eigenvalue weighted by atomic mass is 9.72. The van der Waals surface area contributed by atoms with E-state index < -0.39 is 11.4 Å². The molecule has 9 heteroatoms. The van der Waals surface area contributed by atoms with Gasteiger partial charge in [0.15, 0.2) is 5.78 Å². The van der Waals surface area contributed by atoms with E-state index in [-0.39, 0.29) is 42.0 Å². The van der Waals surface area contributed by atoms with Crippen molar-refractivity contribution in [3.8, 4) is 0 Å². The Labute approximate surface area is 217 Å². The second kappa shape index (κ2) is 10.5. The average Bonchev–Trinajstić information content (AvgIpc) is 2.85. The third kappa shape index (κ3) is 6.10. The largest absolute Gasteiger partial charge is 0.444 e. The highest BCUT2D eigenvalue weighted by Crippen LogP contribution is 2.41. The van der Waals surface area contributed by atoms with Crippen LogP contribution < -0.4 is 10.6 Å². The molecular formula is C28H35FN4O4. The van der Waals surface area contributed by atoms with Crippen molar-refractivity contribution in [2.45, 2.75) is 45.8 Å². The zero-order chi connectivity index (χ0) is 26.8. The van der Waals surface area contributed by atoms with Gasteiger partial charge in [-0.2, -0.15) is 0 Å². The fraction of sp³-hybridized carbons (Fsp3) is 0.464. The number of urea groups is 1. The molecule has 0 atom stereocenters. The third-order valence-electron chi connectivity index (χ3n) is 6.99. The van der Waals surface area contributed by atoms with Gasteiger partial charge in [0, 0.05) is 48.4 Å². The third-order valence-corrected chi connectivity index (χ3v) is 6.99. The van der Waals surface area contributed by atoms with Crippen molar-refractivity contribution in [1.29, 1.82) is 0 Å². The normalized spacial score (nSPS) is 16.8. The summed E-state index contributed by atoms with van der Waals surface area (Å²) in [4.78, 5) is 42.9. The number of amides is 3. The van der Waals surface area contributed by atoms with Crippen LogP contribution in [0.25, 0.3) is 0 Å². The number of ether oxygens (including phenoxy) is 1. The topological polar surface area (TPSA) is 96.2 Å². The van der Waals surface area contributed by atoms with Crippen molar-refractivity contribution in [1.82, 2.24) is 9.80 Å². The summed E-state index contributed by atoms with van der Waals surface area (Å²) in [7, 11) is 0. The molecule has 2 saturated heterocycles. The van der Waals surface area contributed by atoms with Gasteiger partial charge in [0.25, 0.3) is 0 Å². The van der Waals surface area contributed by atoms with E-state index in [1.54, 1.807) is 20.8 Å². The zero-order valence-corrected chi connectivity index (χ0v) is 21.7. The van der Waals surface area contributed by atoms with Gasteiger partial charge in [-0.15, -0.1) is 0 Å². The number of hydrogen-bond acceptors (Lipinski definition) is 5. The van der Waals surface area contributed by atoms with Crippen molar-refractivity contribution >= 4 is 23.6 Å². The van der Waals surface area contributed by atoms with Gasteiger partial charge in [0.1, 0.15) is 11.4 Å². The van der Waals surface area contributed by atoms with E-state index in [0.717, 1.165) is 12.8 Å². The van der Waals surface area contributed by atoms with E-state index in [9.17, 15) is 18.8 Å². The number of ketones is 1. The van der Waals surface area contributed by atoms with E-state index in [1.807, 2.05) is 51.1 Å². The van der Waals surface area contributed by atoms with Crippen LogP contribution in [0.2, 0.25) is 0 Å². The second-order valence-corrected chi connectivity index (χ2v) is 11.0. The lowest BCUT2D eigenvalue weighted by molar-refractivity contribution is -0.0311. The molecule has 3 amide bonds. The van der Waals surface area contributed by atoms with Crippen LogP contribution in [0.15, 0.2) is 48.5 Å². The molecule has 2 fully saturated rings. The number of carbonyl (C=O) groups is 3. The van der Waals surface area contributed by atoms with Crippen molar-refractivity contribution in [2.75, 3.05) is 37.6 Å². The molecule has 2 N–H and O–H groups in total. The van der Waals surface area contributed by atoms with Crippen LogP contribution in [-0.2, 0) is 11.3 Å². The molecule has 2 aromatic rings. The van der Waals surface area contributed by atoms with Gasteiger partial charge in [0.2, 0.25) is 0 Å². The van der Waals surface area contributed by atoms with E-state index in [4.69, 9.17) is 10.5 Å². The predicted molar refractivity (Wildman–Crippen MR) is 139 cm³/mol. The molecule has 0 saturated carbocycles. The molecule has 4 rings (SSSR count). The van der Waals surface area contributed by atoms with Crippen LogP contribution in [-0.4, -0.2) is 66.0 Å². The molecular weight excluding hydrogens is 475 g/mol. The van der Waals surface area contributed by atoms with Gasteiger partial charge in [-0.05, 0) is 51.8 Å². The van der Waals surface area contributed by atoms with Gasteiger partial charge in [-0.25, -0.2) is 14.0 Å². The van der Waals surface area contributed by atoms with Crippen molar-refractivity contribution in [3.05, 3.63) is 65.5 Å². The lowest BCUT2D eigenvalue weighted by Crippen LogP contribution is -2.64. The predicted octanol–water partition coefficient (Wildman–Crippen LogP) is 4.43. The summed E-state index contributed by atoms with van der Waals surface area (Å²) in [5.41, 5.74) is 6.02. The van der Waals surface area contributed by atoms with Crippen molar-refractivity contribution in [2.24, 2.45) is 11.1 Å². The molecule has 1 spiro atoms. The summed E-state index contributed by atoms with van der Waals surface area (Å²) in [6.45, 7) is 7.75. The SMILES string of the molecule is CC(C)(C)OC(=O)N1CCC2(CC1)CN(C(=O)N(Cc1ccc(C(=O)CN)cc1F)c1ccccc1)C2. The van der Waals surface area contributed by atoms with Gasteiger partial charge in [0.05, 0.1) is 13.1 Å². The Kier molecular flexibility index (Phi) is 7.54. The molecule has 0 radical (unpaired) electrons. The minimum atomic E-state index is -0.553. The maximum atomic E-state index is 14.9. The number of carbonyl (C=O) groups excluding carboxylic acids is 3. The van der Waals surface area contributed by atoms with E-state index in [0.29, 0.717) is 37.4 Å². The summed E-state index contributed by atoms with van der Waals surface area (Å²) in [5.74, 6) is -0.896. The average molecular weight is 511 g/mol. The smallest absolute Gasteiger partial charge is 0.410 e. The zero-order valence-electron chi connectivity index (χ0n) is 21.7. The highest BCUT2D eigenvalue weighted by atomic mass is 19.1. The summed E-state index contributed by atoms with van der Waals surface area (Å²) in [5, 5.41) is 0. The van der Waals surface area contributed by atoms with Crippen LogP contribution >= 0.6 is 0 Å². The van der Waals surface area contributed by atoms with Crippen LogP contribution in [0.3, 0.4) is 0 Å². The second-order valence-electron chi connectivity index (χ2n) is 11.0. The fourth-order valence-corrected chi connectivity index (χ4v) is 4.89. The fourth-order valence-electron chi connectivity index (χ4n) is 4.89. The first-order chi connectivity index (χ1) is 17.5. The van der Waals surface area contributed by atoms with Crippen LogP contribution in [0.5, 0.6) is 0 Å². The number of para-hydroxylation sites is 1. The summed E-state index contributed by atoms with van der Waals surface area (Å²) in [6, 6.07) is 13.2. The molecule has 37 heavy (non-hydrogen) atoms. The number of benzene rings is 2. The molecule has 2 aliphatic heterocycles. The number of hydrogen-bond donors (Lipinski definition) is 1. The minimum Gasteiger partial charge on any atom is -0.444 e. The molecule has 8 nitrogen and oxygen atoms in total. The molecule has 2 aromatic carbocycles. The number of Topliss-reactive ketones (excluding diaryl/α,β-unsaturated/α-hetero) is 1. The van der Waals surface area contributed by atoms with Crippen molar-refractivity contribution in [3.63, 3.8) is 0 Å². The Morgan fingerprint density at radius 1 is 1.03 bits per heavy atom. The Bertz CT molecular complexity index is 1150. The molecule has 0 unspecified atom stereocenters. The van der Waals surface area contributed by atoms with Crippen LogP contribution in [0.4, 0.5) is 19.7 Å². The number of piperidine rings is 1. The summed E-state index contributed by atoms with van der Waals surface area (Å²) in [6.07, 6.45) is 1.30. The Morgan fingerprint density at radius 2 is 1.68 bits per heavy atom. The minimum absolute atomic E-state index is 0.0218. The maximum Gasteiger partial charge on any atom is 0.410 e. The first kappa shape index (κ1) is 26.6.